The summed E-state index contributed by atoms with van der Waals surface area (Å²) in [7, 11) is -1.07. The molecule has 2 aromatic heterocycles. The highest BCUT2D eigenvalue weighted by atomic mass is 35.5. The third-order valence-electron chi connectivity index (χ3n) is 7.50. The lowest BCUT2D eigenvalue weighted by atomic mass is 9.87. The van der Waals surface area contributed by atoms with E-state index in [9.17, 15) is 9.00 Å². The first kappa shape index (κ1) is 23.5. The van der Waals surface area contributed by atoms with Crippen molar-refractivity contribution in [2.75, 3.05) is 41.7 Å². The molecular weight excluding hydrogens is 472 g/mol. The van der Waals surface area contributed by atoms with Crippen molar-refractivity contribution in [2.24, 2.45) is 0 Å². The number of rotatable bonds is 3. The van der Waals surface area contributed by atoms with E-state index in [1.54, 1.807) is 12.5 Å². The minimum atomic E-state index is -1.07. The van der Waals surface area contributed by atoms with E-state index in [0.717, 1.165) is 35.1 Å². The van der Waals surface area contributed by atoms with Gasteiger partial charge in [-0.25, -0.2) is 15.0 Å². The smallest absolute Gasteiger partial charge is 0.241 e. The first-order chi connectivity index (χ1) is 16.0. The number of carbonyl (C=O) groups is 1. The molecule has 5 rings (SSSR count). The van der Waals surface area contributed by atoms with E-state index in [1.165, 1.54) is 0 Å². The Balaban J connectivity index is 1.43. The number of hydrogen-bond acceptors (Lipinski definition) is 7. The van der Waals surface area contributed by atoms with Crippen LogP contribution < -0.4 is 9.80 Å². The maximum atomic E-state index is 13.2. The van der Waals surface area contributed by atoms with Gasteiger partial charge in [0.05, 0.1) is 0 Å². The SMILES string of the molecule is Cc1cnc(N2CC(C)(C)c3c(N4CCN(C(=O)[C@]5(C)CCS5=O)C(C)C4)ncnc32)cc1Cl. The topological polar surface area (TPSA) is 82.5 Å². The monoisotopic (exact) mass is 502 g/mol. The van der Waals surface area contributed by atoms with Gasteiger partial charge in [-0.05, 0) is 38.8 Å². The molecule has 0 aliphatic carbocycles. The number of fused-ring (bicyclic) bond motifs is 1. The molecule has 0 aromatic carbocycles. The van der Waals surface area contributed by atoms with Gasteiger partial charge in [0.1, 0.15) is 28.5 Å². The highest BCUT2D eigenvalue weighted by Gasteiger charge is 2.50. The van der Waals surface area contributed by atoms with Crippen LogP contribution in [-0.2, 0) is 21.0 Å². The number of anilines is 3. The van der Waals surface area contributed by atoms with E-state index in [0.29, 0.717) is 36.8 Å². The molecule has 0 bridgehead atoms. The zero-order chi connectivity index (χ0) is 24.4. The van der Waals surface area contributed by atoms with Crippen LogP contribution in [0.4, 0.5) is 17.5 Å². The number of piperazine rings is 1. The Morgan fingerprint density at radius 3 is 2.53 bits per heavy atom. The second-order valence-corrected chi connectivity index (χ2v) is 12.9. The molecule has 2 saturated heterocycles. The molecule has 5 heterocycles. The molecule has 2 aromatic rings. The molecular formula is C24H31ClN6O2S. The van der Waals surface area contributed by atoms with Gasteiger partial charge >= 0.3 is 0 Å². The summed E-state index contributed by atoms with van der Waals surface area (Å²) < 4.78 is 11.5. The minimum Gasteiger partial charge on any atom is -0.352 e. The fraction of sp³-hybridized carbons (Fsp3) is 0.583. The van der Waals surface area contributed by atoms with Crippen LogP contribution in [0.2, 0.25) is 5.02 Å². The molecule has 3 aliphatic rings. The zero-order valence-electron chi connectivity index (χ0n) is 20.3. The molecule has 2 fully saturated rings. The van der Waals surface area contributed by atoms with Gasteiger partial charge in [0.25, 0.3) is 0 Å². The van der Waals surface area contributed by atoms with Gasteiger partial charge in [0.2, 0.25) is 5.91 Å². The predicted octanol–water partition coefficient (Wildman–Crippen LogP) is 3.21. The summed E-state index contributed by atoms with van der Waals surface area (Å²) in [6.07, 6.45) is 4.10. The number of hydrogen-bond donors (Lipinski definition) is 0. The fourth-order valence-corrected chi connectivity index (χ4v) is 6.69. The average molecular weight is 503 g/mol. The Bertz CT molecular complexity index is 1190. The van der Waals surface area contributed by atoms with Gasteiger partial charge in [-0.3, -0.25) is 9.00 Å². The molecule has 0 N–H and O–H groups in total. The molecule has 0 spiro atoms. The Labute approximate surface area is 208 Å². The van der Waals surface area contributed by atoms with Crippen LogP contribution in [-0.4, -0.2) is 72.7 Å². The number of aromatic nitrogens is 3. The number of pyridine rings is 1. The van der Waals surface area contributed by atoms with Crippen molar-refractivity contribution in [3.63, 3.8) is 0 Å². The highest BCUT2D eigenvalue weighted by molar-refractivity contribution is 7.88. The lowest BCUT2D eigenvalue weighted by molar-refractivity contribution is -0.136. The van der Waals surface area contributed by atoms with Gasteiger partial charge in [-0.15, -0.1) is 0 Å². The first-order valence-corrected chi connectivity index (χ1v) is 13.4. The number of aryl methyl sites for hydroxylation is 1. The van der Waals surface area contributed by atoms with E-state index < -0.39 is 15.5 Å². The van der Waals surface area contributed by atoms with E-state index >= 15 is 0 Å². The molecule has 3 aliphatic heterocycles. The summed E-state index contributed by atoms with van der Waals surface area (Å²) in [4.78, 5) is 33.4. The van der Waals surface area contributed by atoms with Gasteiger partial charge in [-0.2, -0.15) is 0 Å². The quantitative estimate of drug-likeness (QED) is 0.637. The van der Waals surface area contributed by atoms with Gasteiger partial charge in [0.15, 0.2) is 0 Å². The van der Waals surface area contributed by atoms with Crippen molar-refractivity contribution < 1.29 is 9.00 Å². The van der Waals surface area contributed by atoms with Crippen molar-refractivity contribution in [2.45, 2.75) is 57.2 Å². The molecule has 2 unspecified atom stereocenters. The van der Waals surface area contributed by atoms with Crippen LogP contribution >= 0.6 is 11.6 Å². The van der Waals surface area contributed by atoms with Crippen LogP contribution in [0.1, 0.15) is 45.2 Å². The summed E-state index contributed by atoms with van der Waals surface area (Å²) in [6, 6.07) is 1.89. The lowest BCUT2D eigenvalue weighted by Gasteiger charge is -2.46. The van der Waals surface area contributed by atoms with Crippen LogP contribution in [0, 0.1) is 6.92 Å². The number of carbonyl (C=O) groups excluding carboxylic acids is 1. The summed E-state index contributed by atoms with van der Waals surface area (Å²) in [5.74, 6) is 3.18. The van der Waals surface area contributed by atoms with Crippen molar-refractivity contribution >= 4 is 45.8 Å². The molecule has 0 saturated carbocycles. The van der Waals surface area contributed by atoms with Gasteiger partial charge in [-0.1, -0.05) is 25.4 Å². The zero-order valence-corrected chi connectivity index (χ0v) is 21.9. The number of amides is 1. The van der Waals surface area contributed by atoms with Crippen LogP contribution in [0.15, 0.2) is 18.6 Å². The maximum absolute atomic E-state index is 13.2. The van der Waals surface area contributed by atoms with E-state index in [2.05, 4.69) is 40.5 Å². The molecule has 182 valence electrons. The second kappa shape index (κ2) is 8.16. The van der Waals surface area contributed by atoms with Crippen molar-refractivity contribution in [3.8, 4) is 0 Å². The number of halogens is 1. The molecule has 1 amide bonds. The Morgan fingerprint density at radius 2 is 1.91 bits per heavy atom. The number of nitrogens with zero attached hydrogens (tertiary/aromatic N) is 6. The average Bonchev–Trinajstić information content (AvgIpc) is 3.09. The fourth-order valence-electron chi connectivity index (χ4n) is 5.24. The Kier molecular flexibility index (Phi) is 5.63. The largest absolute Gasteiger partial charge is 0.352 e. The van der Waals surface area contributed by atoms with E-state index in [1.807, 2.05) is 24.8 Å². The van der Waals surface area contributed by atoms with Crippen molar-refractivity contribution in [3.05, 3.63) is 34.7 Å². The van der Waals surface area contributed by atoms with E-state index in [-0.39, 0.29) is 17.4 Å². The molecule has 0 radical (unpaired) electrons. The Morgan fingerprint density at radius 1 is 1.18 bits per heavy atom. The molecule has 8 nitrogen and oxygen atoms in total. The Hall–Kier alpha value is -2.26. The summed E-state index contributed by atoms with van der Waals surface area (Å²) in [5.41, 5.74) is 1.83. The van der Waals surface area contributed by atoms with E-state index in [4.69, 9.17) is 16.6 Å². The molecule has 3 atom stereocenters. The van der Waals surface area contributed by atoms with Crippen LogP contribution in [0.3, 0.4) is 0 Å². The van der Waals surface area contributed by atoms with Crippen molar-refractivity contribution in [1.82, 2.24) is 19.9 Å². The molecule has 10 heteroatoms. The summed E-state index contributed by atoms with van der Waals surface area (Å²) >= 11 is 6.40. The highest BCUT2D eigenvalue weighted by Crippen LogP contribution is 2.47. The van der Waals surface area contributed by atoms with Gasteiger partial charge < -0.3 is 14.7 Å². The first-order valence-electron chi connectivity index (χ1n) is 11.7. The third kappa shape index (κ3) is 3.59. The predicted molar refractivity (Wildman–Crippen MR) is 135 cm³/mol. The summed E-state index contributed by atoms with van der Waals surface area (Å²) in [6.45, 7) is 12.9. The van der Waals surface area contributed by atoms with Crippen LogP contribution in [0.5, 0.6) is 0 Å². The molecule has 34 heavy (non-hydrogen) atoms. The van der Waals surface area contributed by atoms with Crippen LogP contribution in [0.25, 0.3) is 0 Å². The standard InChI is InChI=1S/C24H31ClN6O2S/c1-15-11-26-18(10-17(15)25)31-13-23(3,4)19-20(27-14-28-21(19)31)29-7-8-30(16(2)12-29)22(32)24(5)6-9-34(24)33/h10-11,14,16H,6-9,12-13H2,1-5H3/t16?,24-,34?/m0/s1. The summed E-state index contributed by atoms with van der Waals surface area (Å²) in [5, 5.41) is 0.682. The normalized spacial score (nSPS) is 28.0. The lowest BCUT2D eigenvalue weighted by Crippen LogP contribution is -2.63. The van der Waals surface area contributed by atoms with Gasteiger partial charge in [0, 0.05) is 71.0 Å². The van der Waals surface area contributed by atoms with Crippen molar-refractivity contribution in [1.29, 1.82) is 0 Å². The second-order valence-electron chi connectivity index (χ2n) is 10.5. The third-order valence-corrected chi connectivity index (χ3v) is 9.87. The minimum absolute atomic E-state index is 0.000481. The maximum Gasteiger partial charge on any atom is 0.241 e.